The fourth-order valence-corrected chi connectivity index (χ4v) is 2.12. The highest BCUT2D eigenvalue weighted by molar-refractivity contribution is 6.34. The van der Waals surface area contributed by atoms with Crippen molar-refractivity contribution >= 4 is 28.9 Å². The average molecular weight is 308 g/mol. The molecule has 2 aromatic rings. The first-order valence-corrected chi connectivity index (χ1v) is 6.98. The number of carbonyl (C=O) groups excluding carboxylic acids is 1. The monoisotopic (exact) mass is 307 g/mol. The zero-order valence-corrected chi connectivity index (χ0v) is 12.6. The van der Waals surface area contributed by atoms with Gasteiger partial charge in [-0.3, -0.25) is 9.69 Å². The molecule has 0 saturated carbocycles. The molecule has 0 aliphatic carbocycles. The van der Waals surface area contributed by atoms with Crippen LogP contribution in [-0.2, 0) is 11.3 Å². The summed E-state index contributed by atoms with van der Waals surface area (Å²) >= 11 is 6.01. The fourth-order valence-electron chi connectivity index (χ4n) is 1.89. The first-order valence-electron chi connectivity index (χ1n) is 6.60. The number of benzene rings is 1. The highest BCUT2D eigenvalue weighted by atomic mass is 35.5. The molecule has 0 aliphatic heterocycles. The number of anilines is 2. The molecule has 1 aromatic carbocycles. The lowest BCUT2D eigenvalue weighted by Gasteiger charge is -2.15. The van der Waals surface area contributed by atoms with E-state index in [4.69, 9.17) is 21.8 Å². The molecule has 3 N–H and O–H groups in total. The summed E-state index contributed by atoms with van der Waals surface area (Å²) in [6.45, 7) is 1.29. The van der Waals surface area contributed by atoms with Gasteiger partial charge in [0.05, 0.1) is 23.5 Å². The number of carbonyl (C=O) groups is 1. The number of halogens is 1. The minimum absolute atomic E-state index is 0.0898. The number of nitrogen functional groups attached to an aromatic ring is 1. The van der Waals surface area contributed by atoms with Crippen molar-refractivity contribution in [2.45, 2.75) is 13.0 Å². The normalized spacial score (nSPS) is 10.8. The maximum atomic E-state index is 11.9. The predicted molar refractivity (Wildman–Crippen MR) is 84.2 cm³/mol. The van der Waals surface area contributed by atoms with Crippen molar-refractivity contribution in [2.75, 3.05) is 24.6 Å². The summed E-state index contributed by atoms with van der Waals surface area (Å²) in [6, 6.07) is 8.76. The number of rotatable bonds is 6. The van der Waals surface area contributed by atoms with Crippen molar-refractivity contribution in [2.24, 2.45) is 0 Å². The van der Waals surface area contributed by atoms with Crippen molar-refractivity contribution in [3.05, 3.63) is 47.4 Å². The molecule has 0 atom stereocenters. The molecule has 6 heteroatoms. The van der Waals surface area contributed by atoms with Crippen LogP contribution in [0.4, 0.5) is 11.4 Å². The van der Waals surface area contributed by atoms with Gasteiger partial charge in [0.1, 0.15) is 5.76 Å². The third-order valence-corrected chi connectivity index (χ3v) is 3.31. The fraction of sp³-hybridized carbons (Fsp3) is 0.267. The maximum absolute atomic E-state index is 11.9. The molecule has 21 heavy (non-hydrogen) atoms. The van der Waals surface area contributed by atoms with Crippen molar-refractivity contribution < 1.29 is 9.21 Å². The van der Waals surface area contributed by atoms with Crippen LogP contribution in [0.3, 0.4) is 0 Å². The van der Waals surface area contributed by atoms with Crippen molar-refractivity contribution in [1.82, 2.24) is 4.90 Å². The van der Waals surface area contributed by atoms with Crippen LogP contribution >= 0.6 is 11.6 Å². The number of furan rings is 1. The van der Waals surface area contributed by atoms with Crippen LogP contribution in [0, 0.1) is 0 Å². The third kappa shape index (κ3) is 4.81. The highest BCUT2D eigenvalue weighted by Crippen LogP contribution is 2.24. The van der Waals surface area contributed by atoms with Gasteiger partial charge >= 0.3 is 0 Å². The Kier molecular flexibility index (Phi) is 5.25. The Hall–Kier alpha value is -1.98. The average Bonchev–Trinajstić information content (AvgIpc) is 2.92. The molecule has 0 spiro atoms. The zero-order valence-electron chi connectivity index (χ0n) is 11.8. The topological polar surface area (TPSA) is 71.5 Å². The van der Waals surface area contributed by atoms with E-state index >= 15 is 0 Å². The molecule has 0 aliphatic rings. The number of hydrogen-bond acceptors (Lipinski definition) is 4. The number of nitrogens with one attached hydrogen (secondary N) is 1. The van der Waals surface area contributed by atoms with E-state index in [2.05, 4.69) is 5.32 Å². The molecule has 112 valence electrons. The Bertz CT molecular complexity index is 599. The maximum Gasteiger partial charge on any atom is 0.225 e. The summed E-state index contributed by atoms with van der Waals surface area (Å²) in [5, 5.41) is 3.21. The van der Waals surface area contributed by atoms with E-state index in [1.54, 1.807) is 24.5 Å². The largest absolute Gasteiger partial charge is 0.468 e. The molecule has 5 nitrogen and oxygen atoms in total. The van der Waals surface area contributed by atoms with E-state index < -0.39 is 0 Å². The number of amides is 1. The lowest BCUT2D eigenvalue weighted by Crippen LogP contribution is -2.23. The summed E-state index contributed by atoms with van der Waals surface area (Å²) < 4.78 is 5.26. The van der Waals surface area contributed by atoms with Crippen LogP contribution < -0.4 is 11.1 Å². The highest BCUT2D eigenvalue weighted by Gasteiger charge is 2.09. The predicted octanol–water partition coefficient (Wildman–Crippen LogP) is 2.98. The van der Waals surface area contributed by atoms with Gasteiger partial charge in [-0.2, -0.15) is 0 Å². The Morgan fingerprint density at radius 1 is 1.43 bits per heavy atom. The number of nitrogens with two attached hydrogens (primary N) is 1. The summed E-state index contributed by atoms with van der Waals surface area (Å²) in [6.07, 6.45) is 2.01. The summed E-state index contributed by atoms with van der Waals surface area (Å²) in [5.74, 6) is 0.785. The van der Waals surface area contributed by atoms with Gasteiger partial charge in [0, 0.05) is 18.7 Å². The minimum Gasteiger partial charge on any atom is -0.468 e. The van der Waals surface area contributed by atoms with Crippen molar-refractivity contribution in [3.8, 4) is 0 Å². The van der Waals surface area contributed by atoms with E-state index in [1.165, 1.54) is 0 Å². The van der Waals surface area contributed by atoms with Gasteiger partial charge in [-0.1, -0.05) is 11.6 Å². The lowest BCUT2D eigenvalue weighted by molar-refractivity contribution is -0.116. The van der Waals surface area contributed by atoms with Crippen molar-refractivity contribution in [1.29, 1.82) is 0 Å². The van der Waals surface area contributed by atoms with Crippen LogP contribution in [0.25, 0.3) is 0 Å². The van der Waals surface area contributed by atoms with E-state index in [0.29, 0.717) is 35.9 Å². The second-order valence-electron chi connectivity index (χ2n) is 4.85. The molecule has 2 rings (SSSR count). The lowest BCUT2D eigenvalue weighted by atomic mass is 10.2. The number of nitrogens with zero attached hydrogens (tertiary/aromatic N) is 1. The molecule has 0 unspecified atom stereocenters. The van der Waals surface area contributed by atoms with Gasteiger partial charge in [-0.25, -0.2) is 0 Å². The SMILES string of the molecule is CN(CCC(=O)Nc1ccc(N)cc1Cl)Cc1ccco1. The summed E-state index contributed by atoms with van der Waals surface area (Å²) in [4.78, 5) is 13.9. The van der Waals surface area contributed by atoms with Crippen LogP contribution in [0.5, 0.6) is 0 Å². The molecule has 0 saturated heterocycles. The second-order valence-corrected chi connectivity index (χ2v) is 5.26. The molecular formula is C15H18ClN3O2. The summed E-state index contributed by atoms with van der Waals surface area (Å²) in [7, 11) is 1.94. The standard InChI is InChI=1S/C15H18ClN3O2/c1-19(10-12-3-2-8-21-12)7-6-15(20)18-14-5-4-11(17)9-13(14)16/h2-5,8-9H,6-7,10,17H2,1H3,(H,18,20). The van der Waals surface area contributed by atoms with Gasteiger partial charge in [0.2, 0.25) is 5.91 Å². The quantitative estimate of drug-likeness (QED) is 0.805. The van der Waals surface area contributed by atoms with Crippen LogP contribution in [0.15, 0.2) is 41.0 Å². The minimum atomic E-state index is -0.0898. The molecule has 0 bridgehead atoms. The second kappa shape index (κ2) is 7.15. The van der Waals surface area contributed by atoms with Crippen molar-refractivity contribution in [3.63, 3.8) is 0 Å². The van der Waals surface area contributed by atoms with Gasteiger partial charge in [0.15, 0.2) is 0 Å². The first kappa shape index (κ1) is 15.4. The van der Waals surface area contributed by atoms with Crippen LogP contribution in [0.2, 0.25) is 5.02 Å². The molecule has 1 aromatic heterocycles. The van der Waals surface area contributed by atoms with Crippen LogP contribution in [-0.4, -0.2) is 24.4 Å². The Balaban J connectivity index is 1.79. The third-order valence-electron chi connectivity index (χ3n) is 2.99. The molecule has 1 amide bonds. The van der Waals surface area contributed by atoms with Crippen LogP contribution in [0.1, 0.15) is 12.2 Å². The Labute approximate surface area is 128 Å². The van der Waals surface area contributed by atoms with Gasteiger partial charge in [-0.15, -0.1) is 0 Å². The van der Waals surface area contributed by atoms with E-state index in [0.717, 1.165) is 5.76 Å². The van der Waals surface area contributed by atoms with E-state index in [1.807, 2.05) is 24.1 Å². The molecular weight excluding hydrogens is 290 g/mol. The number of hydrogen-bond donors (Lipinski definition) is 2. The van der Waals surface area contributed by atoms with E-state index in [9.17, 15) is 4.79 Å². The molecule has 0 radical (unpaired) electrons. The Morgan fingerprint density at radius 3 is 2.90 bits per heavy atom. The first-order chi connectivity index (χ1) is 10.0. The van der Waals surface area contributed by atoms with Gasteiger partial charge in [0.25, 0.3) is 0 Å². The van der Waals surface area contributed by atoms with Gasteiger partial charge < -0.3 is 15.5 Å². The smallest absolute Gasteiger partial charge is 0.225 e. The summed E-state index contributed by atoms with van der Waals surface area (Å²) in [5.41, 5.74) is 6.75. The molecule has 0 fully saturated rings. The van der Waals surface area contributed by atoms with Gasteiger partial charge in [-0.05, 0) is 37.4 Å². The van der Waals surface area contributed by atoms with E-state index in [-0.39, 0.29) is 5.91 Å². The molecule has 1 heterocycles. The Morgan fingerprint density at radius 2 is 2.24 bits per heavy atom. The zero-order chi connectivity index (χ0) is 15.2.